The lowest BCUT2D eigenvalue weighted by Crippen LogP contribution is -2.34. The number of hydrogen-bond acceptors (Lipinski definition) is 3. The molecule has 0 bridgehead atoms. The summed E-state index contributed by atoms with van der Waals surface area (Å²) in [4.78, 5) is 2.05. The van der Waals surface area contributed by atoms with E-state index in [-0.39, 0.29) is 6.04 Å². The van der Waals surface area contributed by atoms with Crippen LogP contribution in [0.5, 0.6) is 0 Å². The van der Waals surface area contributed by atoms with Gasteiger partial charge in [0.2, 0.25) is 0 Å². The predicted octanol–water partition coefficient (Wildman–Crippen LogP) is 3.21. The highest BCUT2D eigenvalue weighted by Gasteiger charge is 2.22. The molecule has 1 aliphatic heterocycles. The van der Waals surface area contributed by atoms with Crippen LogP contribution in [-0.4, -0.2) is 6.04 Å². The fraction of sp³-hybridized carbons (Fsp3) is 0.133. The maximum atomic E-state index is 9.24. The Labute approximate surface area is 106 Å². The summed E-state index contributed by atoms with van der Waals surface area (Å²) in [6, 6.07) is 13.9. The topological polar surface area (TPSA) is 40.2 Å². The van der Waals surface area contributed by atoms with Crippen LogP contribution in [0.1, 0.15) is 11.3 Å². The zero-order valence-corrected chi connectivity index (χ0v) is 9.78. The molecule has 1 aromatic carbocycles. The Balaban J connectivity index is 1.99. The number of furan rings is 1. The van der Waals surface area contributed by atoms with Gasteiger partial charge in [0.25, 0.3) is 0 Å². The minimum Gasteiger partial charge on any atom is -0.467 e. The first-order valence-corrected chi connectivity index (χ1v) is 5.84. The van der Waals surface area contributed by atoms with Crippen molar-refractivity contribution in [2.75, 3.05) is 4.90 Å². The van der Waals surface area contributed by atoms with Gasteiger partial charge < -0.3 is 9.32 Å². The third-order valence-corrected chi connectivity index (χ3v) is 3.08. The van der Waals surface area contributed by atoms with Gasteiger partial charge in [-0.15, -0.1) is 0 Å². The van der Waals surface area contributed by atoms with E-state index in [0.29, 0.717) is 6.54 Å². The average Bonchev–Trinajstić information content (AvgIpc) is 2.92. The van der Waals surface area contributed by atoms with Crippen molar-refractivity contribution in [2.24, 2.45) is 0 Å². The number of fused-ring (bicyclic) bond motifs is 1. The summed E-state index contributed by atoms with van der Waals surface area (Å²) in [6.07, 6.45) is 5.58. The van der Waals surface area contributed by atoms with E-state index < -0.39 is 0 Å². The Morgan fingerprint density at radius 1 is 1.22 bits per heavy atom. The van der Waals surface area contributed by atoms with Crippen LogP contribution in [0.3, 0.4) is 0 Å². The van der Waals surface area contributed by atoms with Gasteiger partial charge in [0.1, 0.15) is 11.8 Å². The highest BCUT2D eigenvalue weighted by Crippen LogP contribution is 2.30. The van der Waals surface area contributed by atoms with Crippen LogP contribution in [0.4, 0.5) is 5.69 Å². The zero-order chi connectivity index (χ0) is 12.4. The second-order valence-corrected chi connectivity index (χ2v) is 4.20. The zero-order valence-electron chi connectivity index (χ0n) is 9.78. The Morgan fingerprint density at radius 3 is 2.89 bits per heavy atom. The van der Waals surface area contributed by atoms with Crippen molar-refractivity contribution in [1.82, 2.24) is 0 Å². The molecule has 1 aliphatic rings. The highest BCUT2D eigenvalue weighted by atomic mass is 16.3. The SMILES string of the molecule is N#CC1C=Cc2ccccc2N1Cc1ccco1. The van der Waals surface area contributed by atoms with E-state index in [1.807, 2.05) is 47.4 Å². The van der Waals surface area contributed by atoms with Crippen LogP contribution < -0.4 is 4.90 Å². The summed E-state index contributed by atoms with van der Waals surface area (Å²) in [7, 11) is 0. The van der Waals surface area contributed by atoms with Gasteiger partial charge >= 0.3 is 0 Å². The molecule has 3 nitrogen and oxygen atoms in total. The third kappa shape index (κ3) is 1.78. The molecule has 88 valence electrons. The second-order valence-electron chi connectivity index (χ2n) is 4.20. The highest BCUT2D eigenvalue weighted by molar-refractivity contribution is 5.73. The van der Waals surface area contributed by atoms with Crippen LogP contribution >= 0.6 is 0 Å². The molecular weight excluding hydrogens is 224 g/mol. The predicted molar refractivity (Wildman–Crippen MR) is 69.8 cm³/mol. The molecule has 0 saturated heterocycles. The number of anilines is 1. The Hall–Kier alpha value is -2.47. The van der Waals surface area contributed by atoms with Crippen LogP contribution in [0.15, 0.2) is 53.2 Å². The first kappa shape index (κ1) is 10.7. The van der Waals surface area contributed by atoms with Gasteiger partial charge in [0, 0.05) is 5.69 Å². The lowest BCUT2D eigenvalue weighted by molar-refractivity contribution is 0.501. The lowest BCUT2D eigenvalue weighted by Gasteiger charge is -2.31. The van der Waals surface area contributed by atoms with Crippen molar-refractivity contribution in [3.8, 4) is 6.07 Å². The number of rotatable bonds is 2. The van der Waals surface area contributed by atoms with Gasteiger partial charge in [-0.1, -0.05) is 24.3 Å². The van der Waals surface area contributed by atoms with E-state index in [9.17, 15) is 5.26 Å². The first-order chi connectivity index (χ1) is 8.88. The van der Waals surface area contributed by atoms with Gasteiger partial charge in [0.15, 0.2) is 0 Å². The normalized spacial score (nSPS) is 17.3. The molecule has 0 N–H and O–H groups in total. The minimum absolute atomic E-state index is 0.245. The Kier molecular flexibility index (Phi) is 2.62. The van der Waals surface area contributed by atoms with Gasteiger partial charge in [0.05, 0.1) is 18.9 Å². The molecule has 1 unspecified atom stereocenters. The number of hydrogen-bond donors (Lipinski definition) is 0. The molecule has 1 aromatic heterocycles. The summed E-state index contributed by atoms with van der Waals surface area (Å²) in [5.41, 5.74) is 2.21. The summed E-state index contributed by atoms with van der Waals surface area (Å²) in [5, 5.41) is 9.24. The van der Waals surface area contributed by atoms with Crippen LogP contribution in [0.2, 0.25) is 0 Å². The molecule has 0 spiro atoms. The van der Waals surface area contributed by atoms with Crippen molar-refractivity contribution in [1.29, 1.82) is 5.26 Å². The molecule has 3 heteroatoms. The summed E-state index contributed by atoms with van der Waals surface area (Å²) >= 11 is 0. The smallest absolute Gasteiger partial charge is 0.136 e. The summed E-state index contributed by atoms with van der Waals surface area (Å²) in [6.45, 7) is 0.604. The molecule has 1 atom stereocenters. The molecule has 2 aromatic rings. The molecule has 0 radical (unpaired) electrons. The van der Waals surface area contributed by atoms with Crippen molar-refractivity contribution in [2.45, 2.75) is 12.6 Å². The lowest BCUT2D eigenvalue weighted by atomic mass is 10.0. The number of benzene rings is 1. The number of nitrogens with zero attached hydrogens (tertiary/aromatic N) is 2. The van der Waals surface area contributed by atoms with Crippen molar-refractivity contribution in [3.63, 3.8) is 0 Å². The maximum absolute atomic E-state index is 9.24. The monoisotopic (exact) mass is 236 g/mol. The third-order valence-electron chi connectivity index (χ3n) is 3.08. The van der Waals surface area contributed by atoms with Crippen LogP contribution in [-0.2, 0) is 6.54 Å². The molecule has 0 saturated carbocycles. The van der Waals surface area contributed by atoms with Gasteiger partial charge in [-0.2, -0.15) is 5.26 Å². The van der Waals surface area contributed by atoms with Crippen LogP contribution in [0, 0.1) is 11.3 Å². The Bertz CT molecular complexity index is 608. The number of nitriles is 1. The summed E-state index contributed by atoms with van der Waals surface area (Å²) in [5.74, 6) is 0.861. The van der Waals surface area contributed by atoms with E-state index in [1.54, 1.807) is 6.26 Å². The van der Waals surface area contributed by atoms with E-state index in [2.05, 4.69) is 12.1 Å². The molecule has 3 rings (SSSR count). The van der Waals surface area contributed by atoms with Crippen molar-refractivity contribution < 1.29 is 4.42 Å². The fourth-order valence-corrected chi connectivity index (χ4v) is 2.21. The minimum atomic E-state index is -0.245. The quantitative estimate of drug-likeness (QED) is 0.803. The number of para-hydroxylation sites is 1. The van der Waals surface area contributed by atoms with E-state index >= 15 is 0 Å². The molecule has 18 heavy (non-hydrogen) atoms. The second kappa shape index (κ2) is 4.42. The van der Waals surface area contributed by atoms with Crippen LogP contribution in [0.25, 0.3) is 6.08 Å². The van der Waals surface area contributed by atoms with E-state index in [0.717, 1.165) is 17.0 Å². The van der Waals surface area contributed by atoms with E-state index in [1.165, 1.54) is 0 Å². The first-order valence-electron chi connectivity index (χ1n) is 5.84. The largest absolute Gasteiger partial charge is 0.467 e. The van der Waals surface area contributed by atoms with E-state index in [4.69, 9.17) is 4.42 Å². The molecular formula is C15H12N2O. The van der Waals surface area contributed by atoms with Gasteiger partial charge in [-0.3, -0.25) is 0 Å². The standard InChI is InChI=1S/C15H12N2O/c16-10-13-8-7-12-4-1-2-6-15(12)17(13)11-14-5-3-9-18-14/h1-9,13H,11H2. The van der Waals surface area contributed by atoms with Crippen molar-refractivity contribution >= 4 is 11.8 Å². The molecule has 0 amide bonds. The molecule has 0 fully saturated rings. The fourth-order valence-electron chi connectivity index (χ4n) is 2.21. The average molecular weight is 236 g/mol. The molecule has 0 aliphatic carbocycles. The molecule has 2 heterocycles. The van der Waals surface area contributed by atoms with Gasteiger partial charge in [-0.05, 0) is 29.8 Å². The van der Waals surface area contributed by atoms with Gasteiger partial charge in [-0.25, -0.2) is 0 Å². The maximum Gasteiger partial charge on any atom is 0.136 e. The summed E-state index contributed by atoms with van der Waals surface area (Å²) < 4.78 is 5.37. The Morgan fingerprint density at radius 2 is 2.11 bits per heavy atom. The van der Waals surface area contributed by atoms with Crippen molar-refractivity contribution in [3.05, 3.63) is 60.1 Å².